The summed E-state index contributed by atoms with van der Waals surface area (Å²) in [6, 6.07) is 8.16. The SMILES string of the molecule is CCCCCCCCCc1nc(C(=O)Nc2nccs2)c(-c2ccc(C)cc2)[nH]1. The van der Waals surface area contributed by atoms with Gasteiger partial charge in [0.2, 0.25) is 0 Å². The lowest BCUT2D eigenvalue weighted by Crippen LogP contribution is -2.13. The van der Waals surface area contributed by atoms with Gasteiger partial charge in [0.15, 0.2) is 10.8 Å². The Balaban J connectivity index is 1.69. The highest BCUT2D eigenvalue weighted by Crippen LogP contribution is 2.24. The number of aromatic nitrogens is 3. The normalized spacial score (nSPS) is 11.0. The van der Waals surface area contributed by atoms with E-state index < -0.39 is 0 Å². The molecule has 2 N–H and O–H groups in total. The molecule has 3 aromatic rings. The van der Waals surface area contributed by atoms with E-state index >= 15 is 0 Å². The first-order valence-electron chi connectivity index (χ1n) is 10.5. The molecular weight excluding hydrogens is 380 g/mol. The highest BCUT2D eigenvalue weighted by atomic mass is 32.1. The van der Waals surface area contributed by atoms with Crippen LogP contribution in [-0.2, 0) is 6.42 Å². The van der Waals surface area contributed by atoms with Crippen molar-refractivity contribution in [1.29, 1.82) is 0 Å². The second-order valence-corrected chi connectivity index (χ2v) is 8.33. The van der Waals surface area contributed by atoms with Crippen LogP contribution in [0.4, 0.5) is 5.13 Å². The quantitative estimate of drug-likeness (QED) is 0.360. The van der Waals surface area contributed by atoms with Crippen LogP contribution >= 0.6 is 11.3 Å². The zero-order valence-electron chi connectivity index (χ0n) is 17.3. The smallest absolute Gasteiger partial charge is 0.278 e. The Bertz CT molecular complexity index is 884. The standard InChI is InChI=1S/C23H30N4OS/c1-3-4-5-6-7-8-9-10-19-25-20(18-13-11-17(2)12-14-18)21(26-19)22(28)27-23-24-15-16-29-23/h11-16H,3-10H2,1-2H3,(H,25,26)(H,24,27,28). The average Bonchev–Trinajstić information content (AvgIpc) is 3.38. The summed E-state index contributed by atoms with van der Waals surface area (Å²) in [5.41, 5.74) is 3.36. The van der Waals surface area contributed by atoms with Crippen molar-refractivity contribution in [2.75, 3.05) is 5.32 Å². The van der Waals surface area contributed by atoms with Crippen LogP contribution < -0.4 is 5.32 Å². The number of carbonyl (C=O) groups excluding carboxylic acids is 1. The summed E-state index contributed by atoms with van der Waals surface area (Å²) in [7, 11) is 0. The van der Waals surface area contributed by atoms with E-state index in [1.807, 2.05) is 17.5 Å². The minimum absolute atomic E-state index is 0.224. The Morgan fingerprint density at radius 3 is 2.48 bits per heavy atom. The fraction of sp³-hybridized carbons (Fsp3) is 0.435. The van der Waals surface area contributed by atoms with E-state index in [1.54, 1.807) is 6.20 Å². The Morgan fingerprint density at radius 2 is 1.79 bits per heavy atom. The summed E-state index contributed by atoms with van der Waals surface area (Å²) in [4.78, 5) is 25.0. The van der Waals surface area contributed by atoms with Crippen LogP contribution in [0.1, 0.15) is 73.7 Å². The molecule has 6 heteroatoms. The van der Waals surface area contributed by atoms with Crippen LogP contribution in [0.2, 0.25) is 0 Å². The molecule has 1 amide bonds. The second-order valence-electron chi connectivity index (χ2n) is 7.44. The van der Waals surface area contributed by atoms with Crippen LogP contribution in [-0.4, -0.2) is 20.9 Å². The summed E-state index contributed by atoms with van der Waals surface area (Å²) in [5, 5.41) is 5.28. The van der Waals surface area contributed by atoms with E-state index in [-0.39, 0.29) is 5.91 Å². The van der Waals surface area contributed by atoms with Gasteiger partial charge in [0, 0.05) is 23.6 Å². The maximum atomic E-state index is 12.8. The van der Waals surface area contributed by atoms with Crippen LogP contribution in [0.25, 0.3) is 11.3 Å². The number of thiazole rings is 1. The summed E-state index contributed by atoms with van der Waals surface area (Å²) >= 11 is 1.40. The lowest BCUT2D eigenvalue weighted by molar-refractivity contribution is 0.102. The maximum Gasteiger partial charge on any atom is 0.278 e. The summed E-state index contributed by atoms with van der Waals surface area (Å²) in [6.07, 6.45) is 11.3. The predicted molar refractivity (Wildman–Crippen MR) is 121 cm³/mol. The molecule has 2 heterocycles. The van der Waals surface area contributed by atoms with E-state index in [1.165, 1.54) is 55.4 Å². The molecule has 0 aliphatic rings. The molecule has 0 saturated carbocycles. The molecule has 0 aliphatic carbocycles. The fourth-order valence-corrected chi connectivity index (χ4v) is 3.85. The number of hydrogen-bond donors (Lipinski definition) is 2. The first-order chi connectivity index (χ1) is 14.2. The molecule has 0 saturated heterocycles. The predicted octanol–water partition coefficient (Wildman–Crippen LogP) is 6.39. The third-order valence-corrected chi connectivity index (χ3v) is 5.67. The maximum absolute atomic E-state index is 12.8. The zero-order valence-corrected chi connectivity index (χ0v) is 18.1. The topological polar surface area (TPSA) is 70.7 Å². The Kier molecular flexibility index (Phi) is 7.99. The Morgan fingerprint density at radius 1 is 1.07 bits per heavy atom. The Hall–Kier alpha value is -2.47. The number of anilines is 1. The lowest BCUT2D eigenvalue weighted by Gasteiger charge is -2.03. The number of H-pyrrole nitrogens is 1. The van der Waals surface area contributed by atoms with Crippen LogP contribution in [0.3, 0.4) is 0 Å². The highest BCUT2D eigenvalue weighted by Gasteiger charge is 2.19. The number of nitrogens with one attached hydrogen (secondary N) is 2. The number of aromatic amines is 1. The molecule has 0 spiro atoms. The molecule has 0 bridgehead atoms. The molecule has 154 valence electrons. The summed E-state index contributed by atoms with van der Waals surface area (Å²) in [5.74, 6) is 0.649. The summed E-state index contributed by atoms with van der Waals surface area (Å²) < 4.78 is 0. The molecule has 5 nitrogen and oxygen atoms in total. The number of benzene rings is 1. The van der Waals surface area contributed by atoms with Gasteiger partial charge >= 0.3 is 0 Å². The number of rotatable bonds is 11. The van der Waals surface area contributed by atoms with Crippen molar-refractivity contribution in [1.82, 2.24) is 15.0 Å². The first kappa shape index (κ1) is 21.2. The van der Waals surface area contributed by atoms with Crippen LogP contribution in [0, 0.1) is 6.92 Å². The largest absolute Gasteiger partial charge is 0.341 e. The van der Waals surface area contributed by atoms with Crippen molar-refractivity contribution in [3.05, 3.63) is 52.9 Å². The van der Waals surface area contributed by atoms with Crippen LogP contribution in [0.5, 0.6) is 0 Å². The number of unbranched alkanes of at least 4 members (excludes halogenated alkanes) is 6. The van der Waals surface area contributed by atoms with E-state index in [9.17, 15) is 4.79 Å². The Labute approximate surface area is 177 Å². The monoisotopic (exact) mass is 410 g/mol. The van der Waals surface area contributed by atoms with Crippen molar-refractivity contribution in [3.8, 4) is 11.3 Å². The van der Waals surface area contributed by atoms with Gasteiger partial charge in [0.05, 0.1) is 5.69 Å². The van der Waals surface area contributed by atoms with Gasteiger partial charge in [-0.1, -0.05) is 75.3 Å². The molecule has 0 radical (unpaired) electrons. The van der Waals surface area contributed by atoms with Crippen molar-refractivity contribution in [2.45, 2.75) is 65.2 Å². The van der Waals surface area contributed by atoms with Crippen molar-refractivity contribution in [2.24, 2.45) is 0 Å². The molecule has 0 atom stereocenters. The minimum atomic E-state index is -0.224. The number of nitrogens with zero attached hydrogens (tertiary/aromatic N) is 2. The van der Waals surface area contributed by atoms with E-state index in [4.69, 9.17) is 0 Å². The average molecular weight is 411 g/mol. The van der Waals surface area contributed by atoms with Crippen LogP contribution in [0.15, 0.2) is 35.8 Å². The number of amides is 1. The van der Waals surface area contributed by atoms with Gasteiger partial charge in [0.25, 0.3) is 5.91 Å². The highest BCUT2D eigenvalue weighted by molar-refractivity contribution is 7.13. The van der Waals surface area contributed by atoms with Crippen molar-refractivity contribution < 1.29 is 4.79 Å². The van der Waals surface area contributed by atoms with Gasteiger partial charge in [-0.25, -0.2) is 9.97 Å². The van der Waals surface area contributed by atoms with Gasteiger partial charge in [-0.2, -0.15) is 0 Å². The number of hydrogen-bond acceptors (Lipinski definition) is 4. The van der Waals surface area contributed by atoms with Gasteiger partial charge in [-0.05, 0) is 13.3 Å². The molecule has 29 heavy (non-hydrogen) atoms. The van der Waals surface area contributed by atoms with E-state index in [0.717, 1.165) is 29.9 Å². The van der Waals surface area contributed by atoms with E-state index in [2.05, 4.69) is 46.2 Å². The van der Waals surface area contributed by atoms with Gasteiger partial charge < -0.3 is 4.98 Å². The molecule has 3 rings (SSSR count). The van der Waals surface area contributed by atoms with Gasteiger partial charge in [-0.3, -0.25) is 10.1 Å². The number of imidazole rings is 1. The summed E-state index contributed by atoms with van der Waals surface area (Å²) in [6.45, 7) is 4.30. The van der Waals surface area contributed by atoms with Gasteiger partial charge in [-0.15, -0.1) is 11.3 Å². The fourth-order valence-electron chi connectivity index (χ4n) is 3.33. The lowest BCUT2D eigenvalue weighted by atomic mass is 10.1. The van der Waals surface area contributed by atoms with Gasteiger partial charge in [0.1, 0.15) is 5.82 Å². The van der Waals surface area contributed by atoms with Crippen molar-refractivity contribution >= 4 is 22.4 Å². The molecule has 0 fully saturated rings. The molecular formula is C23H30N4OS. The second kappa shape index (κ2) is 10.9. The zero-order chi connectivity index (χ0) is 20.5. The number of aryl methyl sites for hydroxylation is 2. The first-order valence-corrected chi connectivity index (χ1v) is 11.4. The molecule has 2 aromatic heterocycles. The minimum Gasteiger partial charge on any atom is -0.341 e. The van der Waals surface area contributed by atoms with Crippen molar-refractivity contribution in [3.63, 3.8) is 0 Å². The molecule has 1 aromatic carbocycles. The molecule has 0 unspecified atom stereocenters. The van der Waals surface area contributed by atoms with E-state index in [0.29, 0.717) is 10.8 Å². The number of carbonyl (C=O) groups is 1. The third kappa shape index (κ3) is 6.26. The molecule has 0 aliphatic heterocycles. The third-order valence-electron chi connectivity index (χ3n) is 4.98.